The Morgan fingerprint density at radius 1 is 1.25 bits per heavy atom. The molecule has 0 aliphatic carbocycles. The zero-order chi connectivity index (χ0) is 14.2. The van der Waals surface area contributed by atoms with Crippen LogP contribution in [0, 0.1) is 0 Å². The summed E-state index contributed by atoms with van der Waals surface area (Å²) in [7, 11) is 0. The number of ether oxygens (including phenoxy) is 2. The first-order valence-corrected chi connectivity index (χ1v) is 6.52. The summed E-state index contributed by atoms with van der Waals surface area (Å²) in [6, 6.07) is 5.53. The lowest BCUT2D eigenvalue weighted by atomic mass is 10.1. The van der Waals surface area contributed by atoms with Crippen LogP contribution < -0.4 is 0 Å². The van der Waals surface area contributed by atoms with Crippen LogP contribution in [0.15, 0.2) is 30.6 Å². The third-order valence-electron chi connectivity index (χ3n) is 3.12. The van der Waals surface area contributed by atoms with Crippen molar-refractivity contribution in [3.63, 3.8) is 0 Å². The summed E-state index contributed by atoms with van der Waals surface area (Å²) in [6.07, 6.45) is 3.18. The average Bonchev–Trinajstić information content (AvgIpc) is 3.10. The number of hydrogen-bond acceptors (Lipinski definition) is 5. The highest BCUT2D eigenvalue weighted by Gasteiger charge is 2.20. The second-order valence-electron chi connectivity index (χ2n) is 5.23. The molecule has 0 atom stereocenters. The highest BCUT2D eigenvalue weighted by Crippen LogP contribution is 2.23. The van der Waals surface area contributed by atoms with Crippen molar-refractivity contribution in [1.29, 1.82) is 0 Å². The molecule has 0 radical (unpaired) electrons. The molecule has 3 heterocycles. The molecule has 0 amide bonds. The molecule has 1 aliphatic rings. The molecule has 106 valence electrons. The molecule has 2 aromatic rings. The maximum absolute atomic E-state index is 9.91. The Morgan fingerprint density at radius 2 is 2.00 bits per heavy atom. The Morgan fingerprint density at radius 3 is 2.55 bits per heavy atom. The van der Waals surface area contributed by atoms with Gasteiger partial charge in [0.25, 0.3) is 0 Å². The third kappa shape index (κ3) is 2.58. The number of hydrogen-bond donors (Lipinski definition) is 1. The summed E-state index contributed by atoms with van der Waals surface area (Å²) in [5, 5.41) is 14.2. The molecule has 3 rings (SSSR count). The fourth-order valence-corrected chi connectivity index (χ4v) is 2.00. The maximum atomic E-state index is 9.91. The minimum Gasteiger partial charge on any atom is -0.384 e. The summed E-state index contributed by atoms with van der Waals surface area (Å²) in [4.78, 5) is 4.35. The lowest BCUT2D eigenvalue weighted by Crippen LogP contribution is -2.16. The van der Waals surface area contributed by atoms with Crippen LogP contribution in [0.25, 0.3) is 5.82 Å². The number of pyridine rings is 1. The van der Waals surface area contributed by atoms with Gasteiger partial charge in [-0.15, -0.1) is 0 Å². The molecule has 2 aromatic heterocycles. The van der Waals surface area contributed by atoms with E-state index in [1.54, 1.807) is 37.0 Å². The Kier molecular flexibility index (Phi) is 3.29. The molecule has 0 aromatic carbocycles. The van der Waals surface area contributed by atoms with Crippen LogP contribution in [0.3, 0.4) is 0 Å². The van der Waals surface area contributed by atoms with E-state index in [-0.39, 0.29) is 6.29 Å². The first-order chi connectivity index (χ1) is 9.54. The molecular formula is C14H17N3O3. The van der Waals surface area contributed by atoms with E-state index in [0.717, 1.165) is 5.56 Å². The van der Waals surface area contributed by atoms with Gasteiger partial charge < -0.3 is 14.6 Å². The highest BCUT2D eigenvalue weighted by molar-refractivity contribution is 5.26. The molecule has 6 heteroatoms. The Balaban J connectivity index is 1.82. The summed E-state index contributed by atoms with van der Waals surface area (Å²) < 4.78 is 12.5. The number of aliphatic hydroxyl groups is 1. The van der Waals surface area contributed by atoms with Crippen molar-refractivity contribution in [2.45, 2.75) is 25.7 Å². The first-order valence-electron chi connectivity index (χ1n) is 6.52. The number of rotatable bonds is 3. The van der Waals surface area contributed by atoms with Crippen molar-refractivity contribution in [3.8, 4) is 5.82 Å². The van der Waals surface area contributed by atoms with Crippen LogP contribution in [-0.2, 0) is 15.1 Å². The molecule has 1 N–H and O–H groups in total. The van der Waals surface area contributed by atoms with Crippen LogP contribution in [0.5, 0.6) is 0 Å². The van der Waals surface area contributed by atoms with E-state index in [0.29, 0.717) is 24.7 Å². The molecule has 1 saturated heterocycles. The van der Waals surface area contributed by atoms with Gasteiger partial charge in [0.1, 0.15) is 5.60 Å². The third-order valence-corrected chi connectivity index (χ3v) is 3.12. The normalized spacial score (nSPS) is 16.8. The van der Waals surface area contributed by atoms with Crippen molar-refractivity contribution >= 4 is 0 Å². The van der Waals surface area contributed by atoms with E-state index in [1.165, 1.54) is 0 Å². The molecular weight excluding hydrogens is 258 g/mol. The summed E-state index contributed by atoms with van der Waals surface area (Å²) in [6.45, 7) is 4.62. The van der Waals surface area contributed by atoms with Crippen molar-refractivity contribution < 1.29 is 14.6 Å². The fourth-order valence-electron chi connectivity index (χ4n) is 2.00. The summed E-state index contributed by atoms with van der Waals surface area (Å²) in [5.74, 6) is 0.683. The van der Waals surface area contributed by atoms with Gasteiger partial charge in [-0.1, -0.05) is 0 Å². The smallest absolute Gasteiger partial charge is 0.185 e. The molecule has 0 saturated carbocycles. The van der Waals surface area contributed by atoms with Gasteiger partial charge in [0.15, 0.2) is 12.1 Å². The predicted molar refractivity (Wildman–Crippen MR) is 71.2 cm³/mol. The predicted octanol–water partition coefficient (Wildman–Crippen LogP) is 1.54. The van der Waals surface area contributed by atoms with Crippen LogP contribution in [-0.4, -0.2) is 33.1 Å². The number of nitrogens with zero attached hydrogens (tertiary/aromatic N) is 3. The van der Waals surface area contributed by atoms with Gasteiger partial charge in [-0.2, -0.15) is 5.10 Å². The quantitative estimate of drug-likeness (QED) is 0.920. The molecule has 1 aliphatic heterocycles. The van der Waals surface area contributed by atoms with Gasteiger partial charge in [0.05, 0.1) is 18.9 Å². The van der Waals surface area contributed by atoms with Crippen molar-refractivity contribution in [2.24, 2.45) is 0 Å². The molecule has 6 nitrogen and oxygen atoms in total. The van der Waals surface area contributed by atoms with E-state index >= 15 is 0 Å². The second kappa shape index (κ2) is 4.97. The van der Waals surface area contributed by atoms with Crippen LogP contribution in [0.1, 0.15) is 31.4 Å². The molecule has 0 unspecified atom stereocenters. The lowest BCUT2D eigenvalue weighted by Gasteiger charge is -2.13. The Bertz CT molecular complexity index is 580. The van der Waals surface area contributed by atoms with E-state index in [4.69, 9.17) is 9.47 Å². The van der Waals surface area contributed by atoms with Crippen molar-refractivity contribution in [3.05, 3.63) is 41.9 Å². The van der Waals surface area contributed by atoms with Gasteiger partial charge in [-0.25, -0.2) is 9.67 Å². The van der Waals surface area contributed by atoms with Crippen LogP contribution >= 0.6 is 0 Å². The van der Waals surface area contributed by atoms with Crippen LogP contribution in [0.2, 0.25) is 0 Å². The minimum atomic E-state index is -0.962. The highest BCUT2D eigenvalue weighted by atomic mass is 16.7. The minimum absolute atomic E-state index is 0.318. The van der Waals surface area contributed by atoms with E-state index in [9.17, 15) is 5.11 Å². The van der Waals surface area contributed by atoms with E-state index in [2.05, 4.69) is 10.1 Å². The monoisotopic (exact) mass is 275 g/mol. The van der Waals surface area contributed by atoms with E-state index < -0.39 is 5.60 Å². The standard InChI is InChI=1S/C14H17N3O3/c1-14(2,18)11-5-6-17(16-11)12-4-3-10(9-15-12)13-19-7-8-20-13/h3-6,9,13,18H,7-8H2,1-2H3. The van der Waals surface area contributed by atoms with Gasteiger partial charge >= 0.3 is 0 Å². The molecule has 1 fully saturated rings. The second-order valence-corrected chi connectivity index (χ2v) is 5.23. The van der Waals surface area contributed by atoms with E-state index in [1.807, 2.05) is 12.1 Å². The fraction of sp³-hybridized carbons (Fsp3) is 0.429. The molecule has 20 heavy (non-hydrogen) atoms. The number of aromatic nitrogens is 3. The Labute approximate surface area is 117 Å². The largest absolute Gasteiger partial charge is 0.384 e. The SMILES string of the molecule is CC(C)(O)c1ccn(-c2ccc(C3OCCO3)cn2)n1. The van der Waals surface area contributed by atoms with Gasteiger partial charge in [-0.05, 0) is 32.0 Å². The van der Waals surface area contributed by atoms with Crippen molar-refractivity contribution in [1.82, 2.24) is 14.8 Å². The van der Waals surface area contributed by atoms with Crippen LogP contribution in [0.4, 0.5) is 0 Å². The topological polar surface area (TPSA) is 69.4 Å². The average molecular weight is 275 g/mol. The molecule has 0 spiro atoms. The summed E-state index contributed by atoms with van der Waals surface area (Å²) >= 11 is 0. The maximum Gasteiger partial charge on any atom is 0.185 e. The zero-order valence-electron chi connectivity index (χ0n) is 11.5. The molecule has 0 bridgehead atoms. The van der Waals surface area contributed by atoms with Gasteiger partial charge in [0, 0.05) is 18.0 Å². The van der Waals surface area contributed by atoms with Gasteiger partial charge in [0.2, 0.25) is 0 Å². The summed E-state index contributed by atoms with van der Waals surface area (Å²) in [5.41, 5.74) is 0.531. The Hall–Kier alpha value is -1.76. The van der Waals surface area contributed by atoms with Gasteiger partial charge in [-0.3, -0.25) is 0 Å². The lowest BCUT2D eigenvalue weighted by molar-refractivity contribution is -0.0443. The first kappa shape index (κ1) is 13.2. The zero-order valence-corrected chi connectivity index (χ0v) is 11.5. The van der Waals surface area contributed by atoms with Crippen molar-refractivity contribution in [2.75, 3.05) is 13.2 Å².